The van der Waals surface area contributed by atoms with Crippen molar-refractivity contribution in [3.8, 4) is 11.5 Å². The highest BCUT2D eigenvalue weighted by Crippen LogP contribution is 2.30. The molecule has 9 nitrogen and oxygen atoms in total. The fourth-order valence-electron chi connectivity index (χ4n) is 1.52. The molecule has 0 heterocycles. The largest absolute Gasteiger partial charge is 0.496 e. The maximum absolute atomic E-state index is 11.8. The molecule has 0 saturated heterocycles. The predicted octanol–water partition coefficient (Wildman–Crippen LogP) is 0.187. The molecule has 0 aliphatic heterocycles. The van der Waals surface area contributed by atoms with E-state index in [9.17, 15) is 19.7 Å². The second-order valence-electron chi connectivity index (χ2n) is 4.30. The van der Waals surface area contributed by atoms with Crippen LogP contribution >= 0.6 is 0 Å². The third kappa shape index (κ3) is 4.62. The van der Waals surface area contributed by atoms with E-state index in [1.165, 1.54) is 39.4 Å². The van der Waals surface area contributed by atoms with Crippen LogP contribution in [-0.4, -0.2) is 56.0 Å². The van der Waals surface area contributed by atoms with E-state index in [-0.39, 0.29) is 23.9 Å². The highest BCUT2D eigenvalue weighted by Gasteiger charge is 2.19. The number of nitrogens with one attached hydrogen (secondary N) is 1. The van der Waals surface area contributed by atoms with Gasteiger partial charge in [0, 0.05) is 14.1 Å². The molecule has 0 aliphatic rings. The molecule has 22 heavy (non-hydrogen) atoms. The molecule has 0 unspecified atom stereocenters. The van der Waals surface area contributed by atoms with Crippen LogP contribution in [0.5, 0.6) is 11.5 Å². The Balaban J connectivity index is 2.73. The fourth-order valence-corrected chi connectivity index (χ4v) is 1.52. The van der Waals surface area contributed by atoms with Gasteiger partial charge < -0.3 is 19.7 Å². The number of benzene rings is 1. The Morgan fingerprint density at radius 3 is 2.64 bits per heavy atom. The molecule has 0 fully saturated rings. The molecule has 2 amide bonds. The number of methoxy groups -OCH3 is 1. The lowest BCUT2D eigenvalue weighted by Crippen LogP contribution is -2.39. The molecule has 0 aromatic heterocycles. The second kappa shape index (κ2) is 7.81. The van der Waals surface area contributed by atoms with Crippen LogP contribution < -0.4 is 14.8 Å². The van der Waals surface area contributed by atoms with Crippen molar-refractivity contribution in [2.45, 2.75) is 0 Å². The molecule has 0 saturated carbocycles. The van der Waals surface area contributed by atoms with Crippen LogP contribution in [0.15, 0.2) is 18.2 Å². The van der Waals surface area contributed by atoms with Crippen molar-refractivity contribution in [2.75, 3.05) is 34.4 Å². The van der Waals surface area contributed by atoms with E-state index in [0.717, 1.165) is 4.90 Å². The van der Waals surface area contributed by atoms with Crippen LogP contribution in [0.2, 0.25) is 0 Å². The first-order valence-corrected chi connectivity index (χ1v) is 6.28. The van der Waals surface area contributed by atoms with E-state index >= 15 is 0 Å². The van der Waals surface area contributed by atoms with Gasteiger partial charge in [0.05, 0.1) is 24.6 Å². The number of nitro groups is 1. The topological polar surface area (TPSA) is 111 Å². The van der Waals surface area contributed by atoms with Crippen molar-refractivity contribution in [2.24, 2.45) is 0 Å². The van der Waals surface area contributed by atoms with Crippen molar-refractivity contribution in [1.29, 1.82) is 0 Å². The number of rotatable bonds is 7. The first kappa shape index (κ1) is 17.2. The van der Waals surface area contributed by atoms with Gasteiger partial charge in [-0.15, -0.1) is 0 Å². The summed E-state index contributed by atoms with van der Waals surface area (Å²) in [7, 11) is 4.28. The second-order valence-corrected chi connectivity index (χ2v) is 4.30. The van der Waals surface area contributed by atoms with Crippen LogP contribution in [0.1, 0.15) is 0 Å². The maximum atomic E-state index is 11.8. The zero-order chi connectivity index (χ0) is 16.7. The van der Waals surface area contributed by atoms with E-state index < -0.39 is 17.4 Å². The van der Waals surface area contributed by atoms with Gasteiger partial charge in [0.25, 0.3) is 5.91 Å². The lowest BCUT2D eigenvalue weighted by Gasteiger charge is -2.16. The molecule has 9 heteroatoms. The third-order valence-electron chi connectivity index (χ3n) is 2.80. The minimum atomic E-state index is -0.628. The molecule has 0 radical (unpaired) electrons. The average molecular weight is 311 g/mol. The predicted molar refractivity (Wildman–Crippen MR) is 76.8 cm³/mol. The molecule has 120 valence electrons. The van der Waals surface area contributed by atoms with Crippen LogP contribution in [0, 0.1) is 10.1 Å². The third-order valence-corrected chi connectivity index (χ3v) is 2.80. The monoisotopic (exact) mass is 311 g/mol. The zero-order valence-corrected chi connectivity index (χ0v) is 12.5. The molecule has 0 spiro atoms. The van der Waals surface area contributed by atoms with Crippen molar-refractivity contribution in [1.82, 2.24) is 10.2 Å². The summed E-state index contributed by atoms with van der Waals surface area (Å²) >= 11 is 0. The number of hydrogen-bond donors (Lipinski definition) is 1. The van der Waals surface area contributed by atoms with Gasteiger partial charge in [0.1, 0.15) is 5.75 Å². The Morgan fingerprint density at radius 2 is 2.09 bits per heavy atom. The van der Waals surface area contributed by atoms with Gasteiger partial charge in [-0.05, 0) is 12.1 Å². The maximum Gasteiger partial charge on any atom is 0.314 e. The first-order chi connectivity index (χ1) is 10.4. The number of nitro benzene ring substituents is 1. The lowest BCUT2D eigenvalue weighted by molar-refractivity contribution is -0.385. The van der Waals surface area contributed by atoms with Gasteiger partial charge in [-0.3, -0.25) is 19.7 Å². The summed E-state index contributed by atoms with van der Waals surface area (Å²) in [6.45, 7) is -0.538. The van der Waals surface area contributed by atoms with E-state index in [2.05, 4.69) is 5.32 Å². The molecular weight excluding hydrogens is 294 g/mol. The number of likely N-dealkylation sites (N-methyl/N-ethyl adjacent to an activating group) is 2. The molecule has 1 N–H and O–H groups in total. The van der Waals surface area contributed by atoms with Gasteiger partial charge in [-0.25, -0.2) is 0 Å². The Labute approximate surface area is 126 Å². The quantitative estimate of drug-likeness (QED) is 0.568. The van der Waals surface area contributed by atoms with Gasteiger partial charge >= 0.3 is 5.69 Å². The van der Waals surface area contributed by atoms with Crippen molar-refractivity contribution in [3.63, 3.8) is 0 Å². The number of amides is 2. The molecule has 0 atom stereocenters. The number of carbonyl (C=O) groups is 2. The Bertz CT molecular complexity index is 575. The van der Waals surface area contributed by atoms with Crippen molar-refractivity contribution in [3.05, 3.63) is 28.3 Å². The normalized spacial score (nSPS) is 9.77. The highest BCUT2D eigenvalue weighted by atomic mass is 16.6. The van der Waals surface area contributed by atoms with Crippen LogP contribution in [-0.2, 0) is 9.59 Å². The van der Waals surface area contributed by atoms with E-state index in [1.54, 1.807) is 0 Å². The molecule has 1 aromatic carbocycles. The minimum absolute atomic E-state index is 0.0486. The Kier molecular flexibility index (Phi) is 6.11. The number of hydrogen-bond acceptors (Lipinski definition) is 6. The standard InChI is InChI=1S/C13H17N3O6/c1-14-12(17)7-15(2)13(18)8-22-11-5-4-9(21-3)6-10(11)16(19)20/h4-6H,7-8H2,1-3H3,(H,14,17). The minimum Gasteiger partial charge on any atom is -0.496 e. The fraction of sp³-hybridized carbons (Fsp3) is 0.385. The summed E-state index contributed by atoms with van der Waals surface area (Å²) in [5, 5.41) is 13.4. The smallest absolute Gasteiger partial charge is 0.314 e. The summed E-state index contributed by atoms with van der Waals surface area (Å²) in [5.74, 6) is -0.547. The van der Waals surface area contributed by atoms with Gasteiger partial charge in [0.15, 0.2) is 12.4 Å². The van der Waals surface area contributed by atoms with Gasteiger partial charge in [-0.2, -0.15) is 0 Å². The molecule has 1 rings (SSSR count). The zero-order valence-electron chi connectivity index (χ0n) is 12.5. The SMILES string of the molecule is CNC(=O)CN(C)C(=O)COc1ccc(OC)cc1[N+](=O)[O-]. The number of nitrogens with zero attached hydrogens (tertiary/aromatic N) is 2. The summed E-state index contributed by atoms with van der Waals surface area (Å²) in [6, 6.07) is 4.04. The van der Waals surface area contributed by atoms with Crippen LogP contribution in [0.4, 0.5) is 5.69 Å². The first-order valence-electron chi connectivity index (χ1n) is 6.28. The molecule has 0 aliphatic carbocycles. The highest BCUT2D eigenvalue weighted by molar-refractivity contribution is 5.85. The lowest BCUT2D eigenvalue weighted by atomic mass is 10.3. The van der Waals surface area contributed by atoms with Crippen molar-refractivity contribution < 1.29 is 24.0 Å². The number of ether oxygens (including phenoxy) is 2. The van der Waals surface area contributed by atoms with E-state index in [0.29, 0.717) is 5.75 Å². The van der Waals surface area contributed by atoms with Gasteiger partial charge in [0.2, 0.25) is 5.91 Å². The van der Waals surface area contributed by atoms with Crippen LogP contribution in [0.25, 0.3) is 0 Å². The summed E-state index contributed by atoms with van der Waals surface area (Å²) in [6.07, 6.45) is 0. The molecule has 1 aromatic rings. The van der Waals surface area contributed by atoms with Crippen LogP contribution in [0.3, 0.4) is 0 Å². The van der Waals surface area contributed by atoms with Gasteiger partial charge in [-0.1, -0.05) is 0 Å². The summed E-state index contributed by atoms with van der Waals surface area (Å²) < 4.78 is 10.1. The average Bonchev–Trinajstić information content (AvgIpc) is 2.51. The van der Waals surface area contributed by atoms with E-state index in [4.69, 9.17) is 9.47 Å². The molecular formula is C13H17N3O6. The Hall–Kier alpha value is -2.84. The Morgan fingerprint density at radius 1 is 1.41 bits per heavy atom. The molecule has 0 bridgehead atoms. The van der Waals surface area contributed by atoms with Crippen molar-refractivity contribution >= 4 is 17.5 Å². The number of carbonyl (C=O) groups excluding carboxylic acids is 2. The van der Waals surface area contributed by atoms with E-state index in [1.807, 2.05) is 0 Å². The summed E-state index contributed by atoms with van der Waals surface area (Å²) in [5.41, 5.74) is -0.305. The summed E-state index contributed by atoms with van der Waals surface area (Å²) in [4.78, 5) is 34.5.